The van der Waals surface area contributed by atoms with Crippen LogP contribution in [0.25, 0.3) is 11.0 Å². The van der Waals surface area contributed by atoms with Crippen LogP contribution >= 0.6 is 11.6 Å². The summed E-state index contributed by atoms with van der Waals surface area (Å²) in [6, 6.07) is 12.1. The molecule has 4 nitrogen and oxygen atoms in total. The third kappa shape index (κ3) is 2.43. The van der Waals surface area contributed by atoms with Crippen molar-refractivity contribution < 1.29 is 8.42 Å². The third-order valence-electron chi connectivity index (χ3n) is 3.31. The highest BCUT2D eigenvalue weighted by Gasteiger charge is 2.19. The number of hydrogen-bond donors (Lipinski definition) is 0. The summed E-state index contributed by atoms with van der Waals surface area (Å²) in [7, 11) is -3.65. The summed E-state index contributed by atoms with van der Waals surface area (Å²) in [4.78, 5) is 4.38. The van der Waals surface area contributed by atoms with Gasteiger partial charge in [-0.1, -0.05) is 23.8 Å². The summed E-state index contributed by atoms with van der Waals surface area (Å²) in [6.45, 7) is 1.91. The molecule has 0 fully saturated rings. The number of nitrogens with zero attached hydrogens (tertiary/aromatic N) is 2. The maximum Gasteiger partial charge on any atom is 0.269 e. The molecular formula is C15H13ClN2O2S. The molecule has 0 atom stereocenters. The van der Waals surface area contributed by atoms with Crippen molar-refractivity contribution in [2.75, 3.05) is 0 Å². The largest absolute Gasteiger partial charge is 0.269 e. The van der Waals surface area contributed by atoms with Crippen LogP contribution in [0, 0.1) is 6.92 Å². The number of halogens is 1. The van der Waals surface area contributed by atoms with Crippen molar-refractivity contribution in [1.29, 1.82) is 0 Å². The van der Waals surface area contributed by atoms with Gasteiger partial charge in [-0.2, -0.15) is 0 Å². The number of rotatable bonds is 3. The summed E-state index contributed by atoms with van der Waals surface area (Å²) < 4.78 is 26.6. The Bertz CT molecular complexity index is 899. The minimum Gasteiger partial charge on any atom is -0.236 e. The van der Waals surface area contributed by atoms with Crippen molar-refractivity contribution in [2.24, 2.45) is 0 Å². The van der Waals surface area contributed by atoms with Gasteiger partial charge in [0.2, 0.25) is 0 Å². The van der Waals surface area contributed by atoms with E-state index in [1.165, 1.54) is 10.3 Å². The molecule has 0 amide bonds. The first-order valence-electron chi connectivity index (χ1n) is 6.36. The van der Waals surface area contributed by atoms with Crippen LogP contribution in [0.2, 0.25) is 0 Å². The van der Waals surface area contributed by atoms with E-state index in [-0.39, 0.29) is 4.90 Å². The number of aryl methyl sites for hydroxylation is 1. The number of hydrogen-bond acceptors (Lipinski definition) is 3. The molecule has 0 saturated carbocycles. The minimum atomic E-state index is -3.65. The molecule has 3 rings (SSSR count). The Kier molecular flexibility index (Phi) is 3.47. The summed E-state index contributed by atoms with van der Waals surface area (Å²) >= 11 is 5.82. The van der Waals surface area contributed by atoms with Gasteiger partial charge in [-0.15, -0.1) is 11.6 Å². The summed E-state index contributed by atoms with van der Waals surface area (Å²) in [5.41, 5.74) is 3.02. The molecule has 1 heterocycles. The molecule has 0 spiro atoms. The van der Waals surface area contributed by atoms with Crippen LogP contribution in [0.1, 0.15) is 11.1 Å². The van der Waals surface area contributed by atoms with E-state index >= 15 is 0 Å². The summed E-state index contributed by atoms with van der Waals surface area (Å²) in [6.07, 6.45) is 1.33. The zero-order valence-electron chi connectivity index (χ0n) is 11.3. The lowest BCUT2D eigenvalue weighted by molar-refractivity contribution is 0.588. The van der Waals surface area contributed by atoms with Crippen molar-refractivity contribution >= 4 is 32.7 Å². The molecule has 2 aromatic carbocycles. The van der Waals surface area contributed by atoms with Crippen LogP contribution in [-0.2, 0) is 15.9 Å². The first kappa shape index (κ1) is 14.1. The first-order valence-corrected chi connectivity index (χ1v) is 8.34. The SMILES string of the molecule is Cc1ccc(S(=O)(=O)n2cnc3ccc(CCl)cc32)cc1. The maximum atomic E-state index is 12.7. The Morgan fingerprint density at radius 3 is 2.52 bits per heavy atom. The summed E-state index contributed by atoms with van der Waals surface area (Å²) in [5.74, 6) is 0.325. The van der Waals surface area contributed by atoms with E-state index < -0.39 is 10.0 Å². The molecule has 0 aliphatic carbocycles. The fourth-order valence-corrected chi connectivity index (χ4v) is 3.58. The van der Waals surface area contributed by atoms with Crippen molar-refractivity contribution in [3.8, 4) is 0 Å². The van der Waals surface area contributed by atoms with Crippen LogP contribution < -0.4 is 0 Å². The number of imidazole rings is 1. The topological polar surface area (TPSA) is 52.0 Å². The van der Waals surface area contributed by atoms with Crippen LogP contribution in [0.15, 0.2) is 53.7 Å². The van der Waals surface area contributed by atoms with Gasteiger partial charge in [0.15, 0.2) is 0 Å². The van der Waals surface area contributed by atoms with E-state index in [0.717, 1.165) is 11.1 Å². The molecule has 21 heavy (non-hydrogen) atoms. The van der Waals surface area contributed by atoms with Crippen molar-refractivity contribution in [3.63, 3.8) is 0 Å². The average Bonchev–Trinajstić information content (AvgIpc) is 2.91. The van der Waals surface area contributed by atoms with Crippen LogP contribution in [0.4, 0.5) is 0 Å². The van der Waals surface area contributed by atoms with E-state index in [0.29, 0.717) is 16.9 Å². The highest BCUT2D eigenvalue weighted by atomic mass is 35.5. The van der Waals surface area contributed by atoms with E-state index in [1.54, 1.807) is 36.4 Å². The van der Waals surface area contributed by atoms with Gasteiger partial charge < -0.3 is 0 Å². The minimum absolute atomic E-state index is 0.240. The number of alkyl halides is 1. The van der Waals surface area contributed by atoms with Gasteiger partial charge in [0.05, 0.1) is 15.9 Å². The van der Waals surface area contributed by atoms with E-state index in [9.17, 15) is 8.42 Å². The lowest BCUT2D eigenvalue weighted by Crippen LogP contribution is -2.11. The van der Waals surface area contributed by atoms with Gasteiger partial charge in [-0.25, -0.2) is 17.4 Å². The molecule has 1 aromatic heterocycles. The Hall–Kier alpha value is -1.85. The fourth-order valence-electron chi connectivity index (χ4n) is 2.13. The zero-order valence-corrected chi connectivity index (χ0v) is 12.9. The molecule has 3 aromatic rings. The third-order valence-corrected chi connectivity index (χ3v) is 5.30. The first-order chi connectivity index (χ1) is 10.0. The predicted molar refractivity (Wildman–Crippen MR) is 83.1 cm³/mol. The quantitative estimate of drug-likeness (QED) is 0.696. The Morgan fingerprint density at radius 1 is 1.14 bits per heavy atom. The molecule has 0 aliphatic rings. The van der Waals surface area contributed by atoms with Crippen LogP contribution in [0.5, 0.6) is 0 Å². The zero-order chi connectivity index (χ0) is 15.0. The molecule has 0 N–H and O–H groups in total. The molecule has 0 unspecified atom stereocenters. The Balaban J connectivity index is 2.21. The van der Waals surface area contributed by atoms with E-state index in [1.807, 2.05) is 13.0 Å². The van der Waals surface area contributed by atoms with Gasteiger partial charge >= 0.3 is 0 Å². The van der Waals surface area contributed by atoms with Crippen molar-refractivity contribution in [3.05, 3.63) is 59.9 Å². The van der Waals surface area contributed by atoms with E-state index in [4.69, 9.17) is 11.6 Å². The molecule has 6 heteroatoms. The second kappa shape index (κ2) is 5.16. The normalized spacial score (nSPS) is 11.9. The second-order valence-corrected chi connectivity index (χ2v) is 6.90. The predicted octanol–water partition coefficient (Wildman–Crippen LogP) is 3.32. The molecular weight excluding hydrogens is 308 g/mol. The number of fused-ring (bicyclic) bond motifs is 1. The summed E-state index contributed by atoms with van der Waals surface area (Å²) in [5, 5.41) is 0. The highest BCUT2D eigenvalue weighted by molar-refractivity contribution is 7.90. The lowest BCUT2D eigenvalue weighted by atomic mass is 10.2. The highest BCUT2D eigenvalue weighted by Crippen LogP contribution is 2.22. The van der Waals surface area contributed by atoms with Gasteiger partial charge in [-0.05, 0) is 36.8 Å². The van der Waals surface area contributed by atoms with E-state index in [2.05, 4.69) is 4.98 Å². The van der Waals surface area contributed by atoms with Gasteiger partial charge in [0.1, 0.15) is 6.33 Å². The van der Waals surface area contributed by atoms with Crippen LogP contribution in [0.3, 0.4) is 0 Å². The second-order valence-electron chi connectivity index (χ2n) is 4.82. The molecule has 108 valence electrons. The van der Waals surface area contributed by atoms with Gasteiger partial charge in [0.25, 0.3) is 10.0 Å². The molecule has 0 bridgehead atoms. The number of benzene rings is 2. The fraction of sp³-hybridized carbons (Fsp3) is 0.133. The number of aromatic nitrogens is 2. The molecule has 0 aliphatic heterocycles. The van der Waals surface area contributed by atoms with Gasteiger partial charge in [-0.3, -0.25) is 0 Å². The Labute approximate surface area is 128 Å². The van der Waals surface area contributed by atoms with Crippen molar-refractivity contribution in [1.82, 2.24) is 8.96 Å². The van der Waals surface area contributed by atoms with Crippen LogP contribution in [-0.4, -0.2) is 17.4 Å². The lowest BCUT2D eigenvalue weighted by Gasteiger charge is -2.07. The molecule has 0 saturated heterocycles. The maximum absolute atomic E-state index is 12.7. The monoisotopic (exact) mass is 320 g/mol. The average molecular weight is 321 g/mol. The van der Waals surface area contributed by atoms with Crippen molar-refractivity contribution in [2.45, 2.75) is 17.7 Å². The molecule has 0 radical (unpaired) electrons. The smallest absolute Gasteiger partial charge is 0.236 e. The van der Waals surface area contributed by atoms with Gasteiger partial charge in [0, 0.05) is 5.88 Å². The standard InChI is InChI=1S/C15H13ClN2O2S/c1-11-2-5-13(6-3-11)21(19,20)18-10-17-14-7-4-12(9-16)8-15(14)18/h2-8,10H,9H2,1H3. The Morgan fingerprint density at radius 2 is 1.86 bits per heavy atom.